The van der Waals surface area contributed by atoms with Crippen LogP contribution < -0.4 is 9.47 Å². The van der Waals surface area contributed by atoms with Crippen LogP contribution in [0.25, 0.3) is 0 Å². The number of sulfonamides is 1. The average molecular weight is 344 g/mol. The van der Waals surface area contributed by atoms with Gasteiger partial charge in [0.1, 0.15) is 0 Å². The monoisotopic (exact) mass is 343 g/mol. The molecule has 0 aromatic heterocycles. The second kappa shape index (κ2) is 3.53. The Labute approximate surface area is 119 Å². The quantitative estimate of drug-likeness (QED) is 0.409. The lowest BCUT2D eigenvalue weighted by atomic mass is 9.94. The Morgan fingerprint density at radius 1 is 1.32 bits per heavy atom. The third kappa shape index (κ3) is 1.35. The number of rotatable bonds is 0. The molecule has 0 N–H and O–H groups in total. The van der Waals surface area contributed by atoms with Gasteiger partial charge in [0.15, 0.2) is 11.5 Å². The van der Waals surface area contributed by atoms with E-state index in [1.165, 1.54) is 4.31 Å². The van der Waals surface area contributed by atoms with Gasteiger partial charge >= 0.3 is 0 Å². The van der Waals surface area contributed by atoms with Crippen molar-refractivity contribution in [3.63, 3.8) is 0 Å². The van der Waals surface area contributed by atoms with E-state index in [2.05, 4.69) is 22.5 Å². The van der Waals surface area contributed by atoms with Gasteiger partial charge in [-0.25, -0.2) is 8.42 Å². The zero-order chi connectivity index (χ0) is 13.4. The average Bonchev–Trinajstić information content (AvgIpc) is 2.89. The highest BCUT2D eigenvalue weighted by atomic mass is 79.9. The van der Waals surface area contributed by atoms with Crippen LogP contribution in [-0.4, -0.2) is 31.0 Å². The van der Waals surface area contributed by atoms with Crippen LogP contribution in [0, 0.1) is 0 Å². The second-order valence-corrected chi connectivity index (χ2v) is 7.60. The first-order chi connectivity index (χ1) is 9.00. The van der Waals surface area contributed by atoms with Crippen LogP contribution in [0.1, 0.15) is 11.5 Å². The molecule has 0 radical (unpaired) electrons. The van der Waals surface area contributed by atoms with Gasteiger partial charge in [-0.2, -0.15) is 4.31 Å². The molecular formula is C12H10BrNO4S. The molecule has 19 heavy (non-hydrogen) atoms. The third-order valence-corrected chi connectivity index (χ3v) is 6.95. The van der Waals surface area contributed by atoms with Crippen molar-refractivity contribution in [3.8, 4) is 11.5 Å². The molecule has 1 unspecified atom stereocenters. The van der Waals surface area contributed by atoms with E-state index in [1.54, 1.807) is 12.1 Å². The molecule has 100 valence electrons. The highest BCUT2D eigenvalue weighted by molar-refractivity contribution is 9.09. The van der Waals surface area contributed by atoms with Gasteiger partial charge in [-0.3, -0.25) is 0 Å². The number of ether oxygens (including phenoxy) is 2. The summed E-state index contributed by atoms with van der Waals surface area (Å²) in [6.07, 6.45) is 0. The Kier molecular flexibility index (Phi) is 2.18. The minimum Gasteiger partial charge on any atom is -0.454 e. The normalized spacial score (nSPS) is 33.3. The molecule has 0 spiro atoms. The predicted molar refractivity (Wildman–Crippen MR) is 71.1 cm³/mol. The zero-order valence-corrected chi connectivity index (χ0v) is 12.2. The van der Waals surface area contributed by atoms with Crippen molar-refractivity contribution in [3.05, 3.63) is 29.8 Å². The maximum atomic E-state index is 12.6. The molecule has 5 nitrogen and oxygen atoms in total. The van der Waals surface area contributed by atoms with E-state index in [0.29, 0.717) is 22.9 Å². The van der Waals surface area contributed by atoms with E-state index in [4.69, 9.17) is 9.47 Å². The Balaban J connectivity index is 2.05. The Morgan fingerprint density at radius 3 is 2.74 bits per heavy atom. The highest BCUT2D eigenvalue weighted by Gasteiger charge is 2.50. The molecule has 0 amide bonds. The van der Waals surface area contributed by atoms with Crippen LogP contribution >= 0.6 is 15.9 Å². The summed E-state index contributed by atoms with van der Waals surface area (Å²) in [6.45, 7) is 4.48. The maximum absolute atomic E-state index is 12.6. The maximum Gasteiger partial charge on any atom is 0.244 e. The summed E-state index contributed by atoms with van der Waals surface area (Å²) in [5, 5.41) is 0. The minimum absolute atomic E-state index is 0.0342. The molecule has 4 rings (SSSR count). The van der Waals surface area contributed by atoms with Crippen LogP contribution in [0.15, 0.2) is 29.2 Å². The molecule has 3 aliphatic rings. The van der Waals surface area contributed by atoms with Crippen molar-refractivity contribution in [2.45, 2.75) is 15.8 Å². The first-order valence-corrected chi connectivity index (χ1v) is 8.13. The van der Waals surface area contributed by atoms with Crippen LogP contribution in [0.2, 0.25) is 0 Å². The molecule has 3 heterocycles. The molecule has 1 aromatic carbocycles. The number of nitrogens with zero attached hydrogens (tertiary/aromatic N) is 1. The number of alkyl halides is 1. The van der Waals surface area contributed by atoms with Crippen LogP contribution in [0.3, 0.4) is 0 Å². The summed E-state index contributed by atoms with van der Waals surface area (Å²) in [5.41, 5.74) is 1.63. The van der Waals surface area contributed by atoms with Crippen LogP contribution in [0.4, 0.5) is 0 Å². The lowest BCUT2D eigenvalue weighted by Gasteiger charge is -2.30. The summed E-state index contributed by atoms with van der Waals surface area (Å²) in [6, 6.07) is 3.33. The molecule has 1 aromatic rings. The zero-order valence-electron chi connectivity index (χ0n) is 9.80. The van der Waals surface area contributed by atoms with E-state index >= 15 is 0 Å². The van der Waals surface area contributed by atoms with Gasteiger partial charge in [0.05, 0.1) is 9.85 Å². The molecule has 1 saturated heterocycles. The van der Waals surface area contributed by atoms with E-state index < -0.39 is 10.0 Å². The molecule has 3 aliphatic heterocycles. The van der Waals surface area contributed by atoms with Gasteiger partial charge in [0, 0.05) is 18.5 Å². The minimum atomic E-state index is -3.50. The lowest BCUT2D eigenvalue weighted by Crippen LogP contribution is -2.37. The van der Waals surface area contributed by atoms with Crippen LogP contribution in [-0.2, 0) is 10.0 Å². The fourth-order valence-corrected chi connectivity index (χ4v) is 6.04. The van der Waals surface area contributed by atoms with Crippen molar-refractivity contribution in [1.82, 2.24) is 4.31 Å². The van der Waals surface area contributed by atoms with Crippen molar-refractivity contribution >= 4 is 26.0 Å². The number of fused-ring (bicyclic) bond motifs is 5. The number of benzene rings is 1. The summed E-state index contributed by atoms with van der Waals surface area (Å²) < 4.78 is 37.2. The fraction of sp³-hybridized carbons (Fsp3) is 0.333. The number of hydrogen-bond donors (Lipinski definition) is 0. The van der Waals surface area contributed by atoms with Gasteiger partial charge in [-0.05, 0) is 11.6 Å². The van der Waals surface area contributed by atoms with Crippen molar-refractivity contribution < 1.29 is 17.9 Å². The largest absolute Gasteiger partial charge is 0.454 e. The topological polar surface area (TPSA) is 55.8 Å². The fourth-order valence-electron chi connectivity index (χ4n) is 2.86. The summed E-state index contributed by atoms with van der Waals surface area (Å²) in [4.78, 5) is 0.0361. The molecule has 3 atom stereocenters. The summed E-state index contributed by atoms with van der Waals surface area (Å²) >= 11 is 3.46. The third-order valence-electron chi connectivity index (χ3n) is 3.78. The Morgan fingerprint density at radius 2 is 2.00 bits per heavy atom. The van der Waals surface area contributed by atoms with E-state index in [-0.39, 0.29) is 17.7 Å². The first kappa shape index (κ1) is 11.7. The van der Waals surface area contributed by atoms with E-state index in [1.807, 2.05) is 0 Å². The SMILES string of the molecule is C=C1CN2[C@@H](Br)[C@@H]1c1cc3c(cc1S2(=O)=O)OCO3. The molecule has 2 bridgehead atoms. The lowest BCUT2D eigenvalue weighted by molar-refractivity contribution is 0.174. The first-order valence-electron chi connectivity index (χ1n) is 5.77. The van der Waals surface area contributed by atoms with Crippen molar-refractivity contribution in [2.75, 3.05) is 13.3 Å². The molecule has 0 aliphatic carbocycles. The van der Waals surface area contributed by atoms with Crippen LogP contribution in [0.5, 0.6) is 11.5 Å². The molecular weight excluding hydrogens is 334 g/mol. The van der Waals surface area contributed by atoms with Gasteiger partial charge in [-0.15, -0.1) is 0 Å². The van der Waals surface area contributed by atoms with E-state index in [0.717, 1.165) is 11.1 Å². The molecule has 1 fully saturated rings. The Hall–Kier alpha value is -1.05. The number of hydrogen-bond acceptors (Lipinski definition) is 4. The van der Waals surface area contributed by atoms with Gasteiger partial charge in [0.2, 0.25) is 16.8 Å². The summed E-state index contributed by atoms with van der Waals surface area (Å²) in [7, 11) is -3.50. The van der Waals surface area contributed by atoms with Crippen molar-refractivity contribution in [2.24, 2.45) is 0 Å². The highest BCUT2D eigenvalue weighted by Crippen LogP contribution is 2.52. The second-order valence-electron chi connectivity index (χ2n) is 4.80. The smallest absolute Gasteiger partial charge is 0.244 e. The van der Waals surface area contributed by atoms with Crippen molar-refractivity contribution in [1.29, 1.82) is 0 Å². The van der Waals surface area contributed by atoms with Gasteiger partial charge in [-0.1, -0.05) is 28.1 Å². The molecule has 7 heteroatoms. The van der Waals surface area contributed by atoms with E-state index in [9.17, 15) is 8.42 Å². The number of halogens is 1. The van der Waals surface area contributed by atoms with Gasteiger partial charge < -0.3 is 9.47 Å². The molecule has 0 saturated carbocycles. The van der Waals surface area contributed by atoms with Gasteiger partial charge in [0.25, 0.3) is 0 Å². The Bertz CT molecular complexity index is 715. The predicted octanol–water partition coefficient (Wildman–Crippen LogP) is 1.79. The standard InChI is InChI=1S/C12H10BrNO4S/c1-6-4-14-12(13)11(6)7-2-8-9(18-5-17-8)3-10(7)19(14,15)16/h2-3,11-12H,1,4-5H2/t11-,12+/m0/s1. The summed E-state index contributed by atoms with van der Waals surface area (Å²) in [5.74, 6) is 1.05.